The number of halogens is 4. The van der Waals surface area contributed by atoms with Gasteiger partial charge in [-0.1, -0.05) is 0 Å². The maximum absolute atomic E-state index is 12.8. The van der Waals surface area contributed by atoms with Gasteiger partial charge in [-0.15, -0.1) is 5.10 Å². The molecule has 0 aliphatic rings. The van der Waals surface area contributed by atoms with E-state index in [9.17, 15) is 17.6 Å². The highest BCUT2D eigenvalue weighted by atomic mass is 19.3. The van der Waals surface area contributed by atoms with E-state index in [1.807, 2.05) is 6.92 Å². The number of hydrogen-bond acceptors (Lipinski definition) is 5. The van der Waals surface area contributed by atoms with E-state index in [1.54, 1.807) is 6.92 Å². The van der Waals surface area contributed by atoms with Gasteiger partial charge in [0, 0.05) is 6.42 Å². The number of nitrogens with two attached hydrogens (primary N) is 1. The van der Waals surface area contributed by atoms with Gasteiger partial charge >= 0.3 is 12.3 Å². The fourth-order valence-corrected chi connectivity index (χ4v) is 1.93. The van der Waals surface area contributed by atoms with Gasteiger partial charge in [0.2, 0.25) is 0 Å². The smallest absolute Gasteiger partial charge is 0.326 e. The van der Waals surface area contributed by atoms with Crippen LogP contribution in [0, 0.1) is 6.92 Å². The van der Waals surface area contributed by atoms with Gasteiger partial charge in [-0.05, 0) is 20.3 Å². The molecule has 0 saturated carbocycles. The second kappa shape index (κ2) is 8.10. The number of aromatic amines is 1. The summed E-state index contributed by atoms with van der Waals surface area (Å²) < 4.78 is 49.7. The highest BCUT2D eigenvalue weighted by molar-refractivity contribution is 5.91. The molecule has 26 heavy (non-hydrogen) atoms. The van der Waals surface area contributed by atoms with Gasteiger partial charge in [-0.25, -0.2) is 18.8 Å². The predicted octanol–water partition coefficient (Wildman–Crippen LogP) is 1.53. The quantitative estimate of drug-likeness (QED) is 0.364. The van der Waals surface area contributed by atoms with Crippen molar-refractivity contribution in [3.05, 3.63) is 17.8 Å². The molecule has 4 N–H and O–H groups in total. The van der Waals surface area contributed by atoms with Crippen molar-refractivity contribution < 1.29 is 17.6 Å². The van der Waals surface area contributed by atoms with Gasteiger partial charge in [0.05, 0.1) is 12.2 Å². The Morgan fingerprint density at radius 1 is 1.46 bits per heavy atom. The van der Waals surface area contributed by atoms with Gasteiger partial charge < -0.3 is 11.1 Å². The molecule has 0 amide bonds. The molecular weight excluding hydrogens is 358 g/mol. The molecular formula is C13H19F4N9. The summed E-state index contributed by atoms with van der Waals surface area (Å²) in [5, 5.41) is 17.4. The Kier molecular flexibility index (Phi) is 6.10. The molecule has 0 aromatic carbocycles. The van der Waals surface area contributed by atoms with Gasteiger partial charge in [-0.2, -0.15) is 23.8 Å². The Morgan fingerprint density at radius 2 is 2.19 bits per heavy atom. The molecule has 0 bridgehead atoms. The Morgan fingerprint density at radius 3 is 2.81 bits per heavy atom. The average Bonchev–Trinajstić information content (AvgIpc) is 3.20. The molecule has 1 unspecified atom stereocenters. The van der Waals surface area contributed by atoms with E-state index in [-0.39, 0.29) is 11.9 Å². The minimum absolute atomic E-state index is 0.0920. The zero-order valence-electron chi connectivity index (χ0n) is 14.1. The molecule has 2 aromatic rings. The molecule has 2 aromatic heterocycles. The number of nitrogens with one attached hydrogen (secondary N) is 2. The molecule has 0 radical (unpaired) electrons. The van der Waals surface area contributed by atoms with Crippen LogP contribution < -0.4 is 11.1 Å². The van der Waals surface area contributed by atoms with Crippen molar-refractivity contribution >= 4 is 11.8 Å². The number of rotatable bonds is 8. The molecule has 2 rings (SSSR count). The molecule has 0 fully saturated rings. The summed E-state index contributed by atoms with van der Waals surface area (Å²) in [4.78, 5) is 8.80. The van der Waals surface area contributed by atoms with Crippen LogP contribution >= 0.6 is 0 Å². The third-order valence-corrected chi connectivity index (χ3v) is 3.37. The first-order chi connectivity index (χ1) is 12.2. The van der Waals surface area contributed by atoms with Crippen molar-refractivity contribution in [2.45, 2.75) is 45.1 Å². The van der Waals surface area contributed by atoms with Gasteiger partial charge in [-0.3, -0.25) is 5.10 Å². The summed E-state index contributed by atoms with van der Waals surface area (Å²) >= 11 is 0. The van der Waals surface area contributed by atoms with E-state index in [0.717, 1.165) is 5.82 Å². The lowest BCUT2D eigenvalue weighted by molar-refractivity contribution is -0.119. The average molecular weight is 377 g/mol. The van der Waals surface area contributed by atoms with Crippen LogP contribution in [0.4, 0.5) is 23.4 Å². The standard InChI is InChI=1S/C13H19F4N9/c1-7(3-4-9-21-8(2)23-24-9)26-20-5-10(25-26)22-12(18)19-6-13(16,17)11(14)15/h5,7,11H,3-4,6H2,1-2H3,(H,21,23,24)(H3,18,19,22,25). The Labute approximate surface area is 146 Å². The summed E-state index contributed by atoms with van der Waals surface area (Å²) in [5.41, 5.74) is 5.40. The first-order valence-electron chi connectivity index (χ1n) is 7.70. The first kappa shape index (κ1) is 19.6. The Balaban J connectivity index is 1.88. The van der Waals surface area contributed by atoms with Crippen LogP contribution in [0.3, 0.4) is 0 Å². The molecule has 2 heterocycles. The van der Waals surface area contributed by atoms with Crippen LogP contribution in [0.5, 0.6) is 0 Å². The monoisotopic (exact) mass is 377 g/mol. The molecule has 0 spiro atoms. The third kappa shape index (κ3) is 5.39. The molecule has 1 atom stereocenters. The first-order valence-corrected chi connectivity index (χ1v) is 7.70. The van der Waals surface area contributed by atoms with Gasteiger partial charge in [0.1, 0.15) is 12.4 Å². The molecule has 0 saturated heterocycles. The number of hydrogen-bond donors (Lipinski definition) is 3. The van der Waals surface area contributed by atoms with E-state index in [2.05, 4.69) is 35.7 Å². The fraction of sp³-hybridized carbons (Fsp3) is 0.615. The number of H-pyrrole nitrogens is 1. The topological polar surface area (TPSA) is 123 Å². The minimum Gasteiger partial charge on any atom is -0.370 e. The normalized spacial score (nSPS) is 14.0. The lowest BCUT2D eigenvalue weighted by Gasteiger charge is -2.12. The zero-order chi connectivity index (χ0) is 19.3. The summed E-state index contributed by atoms with van der Waals surface area (Å²) in [7, 11) is 0. The zero-order valence-corrected chi connectivity index (χ0v) is 14.1. The van der Waals surface area contributed by atoms with Crippen LogP contribution in [0.2, 0.25) is 0 Å². The van der Waals surface area contributed by atoms with Crippen molar-refractivity contribution in [2.24, 2.45) is 10.7 Å². The second-order valence-electron chi connectivity index (χ2n) is 5.66. The van der Waals surface area contributed by atoms with Crippen LogP contribution in [0.1, 0.15) is 31.0 Å². The van der Waals surface area contributed by atoms with Crippen LogP contribution in [-0.2, 0) is 6.42 Å². The molecule has 0 aliphatic heterocycles. The Bertz CT molecular complexity index is 740. The van der Waals surface area contributed by atoms with Crippen molar-refractivity contribution in [1.29, 1.82) is 0 Å². The van der Waals surface area contributed by atoms with Crippen LogP contribution in [0.15, 0.2) is 11.2 Å². The minimum atomic E-state index is -4.24. The fourth-order valence-electron chi connectivity index (χ4n) is 1.93. The maximum atomic E-state index is 12.8. The third-order valence-electron chi connectivity index (χ3n) is 3.37. The summed E-state index contributed by atoms with van der Waals surface area (Å²) in [6.45, 7) is 2.25. The summed E-state index contributed by atoms with van der Waals surface area (Å²) in [6.07, 6.45) is -1.22. The number of nitrogens with zero attached hydrogens (tertiary/aromatic N) is 6. The number of guanidine groups is 1. The lowest BCUT2D eigenvalue weighted by atomic mass is 10.2. The van der Waals surface area contributed by atoms with Crippen LogP contribution in [-0.4, -0.2) is 55.0 Å². The van der Waals surface area contributed by atoms with Crippen molar-refractivity contribution in [1.82, 2.24) is 30.2 Å². The molecule has 0 aliphatic carbocycles. The molecule has 9 nitrogen and oxygen atoms in total. The van der Waals surface area contributed by atoms with E-state index < -0.39 is 24.9 Å². The SMILES string of the molecule is Cc1nc(CCC(C)n2ncc(N/C(N)=N\CC(F)(F)C(F)F)n2)n[nH]1. The number of aromatic nitrogens is 6. The van der Waals surface area contributed by atoms with E-state index in [4.69, 9.17) is 5.73 Å². The Hall–Kier alpha value is -2.73. The van der Waals surface area contributed by atoms with E-state index >= 15 is 0 Å². The number of aryl methyl sites for hydroxylation is 2. The second-order valence-corrected chi connectivity index (χ2v) is 5.66. The van der Waals surface area contributed by atoms with E-state index in [0.29, 0.717) is 18.7 Å². The van der Waals surface area contributed by atoms with Gasteiger partial charge in [0.15, 0.2) is 17.6 Å². The lowest BCUT2D eigenvalue weighted by Crippen LogP contribution is -2.32. The van der Waals surface area contributed by atoms with Crippen LogP contribution in [0.25, 0.3) is 0 Å². The summed E-state index contributed by atoms with van der Waals surface area (Å²) in [6, 6.07) is -0.0920. The van der Waals surface area contributed by atoms with Crippen molar-refractivity contribution in [3.8, 4) is 0 Å². The van der Waals surface area contributed by atoms with Gasteiger partial charge in [0.25, 0.3) is 0 Å². The number of anilines is 1. The predicted molar refractivity (Wildman–Crippen MR) is 85.2 cm³/mol. The highest BCUT2D eigenvalue weighted by Gasteiger charge is 2.40. The number of alkyl halides is 4. The van der Waals surface area contributed by atoms with Crippen molar-refractivity contribution in [3.63, 3.8) is 0 Å². The maximum Gasteiger partial charge on any atom is 0.326 e. The molecule has 144 valence electrons. The molecule has 13 heteroatoms. The highest BCUT2D eigenvalue weighted by Crippen LogP contribution is 2.22. The largest absolute Gasteiger partial charge is 0.370 e. The summed E-state index contributed by atoms with van der Waals surface area (Å²) in [5.74, 6) is -3.13. The van der Waals surface area contributed by atoms with E-state index in [1.165, 1.54) is 11.0 Å². The van der Waals surface area contributed by atoms with Crippen molar-refractivity contribution in [2.75, 3.05) is 11.9 Å². The number of aliphatic imine (C=N–C) groups is 1.